The molecule has 5 rings (SSSR count). The van der Waals surface area contributed by atoms with Gasteiger partial charge in [-0.3, -0.25) is 0 Å². The van der Waals surface area contributed by atoms with Gasteiger partial charge in [-0.25, -0.2) is 9.78 Å². The number of nitrogens with two attached hydrogens (primary N) is 1. The Balaban J connectivity index is 1.48. The lowest BCUT2D eigenvalue weighted by Gasteiger charge is -2.28. The minimum absolute atomic E-state index is 0.247. The Bertz CT molecular complexity index is 1050. The molecule has 1 aromatic carbocycles. The monoisotopic (exact) mass is 391 g/mol. The molecule has 0 saturated carbocycles. The third kappa shape index (κ3) is 3.29. The van der Waals surface area contributed by atoms with E-state index in [1.165, 1.54) is 12.8 Å². The fourth-order valence-corrected chi connectivity index (χ4v) is 4.64. The van der Waals surface area contributed by atoms with Gasteiger partial charge < -0.3 is 21.7 Å². The summed E-state index contributed by atoms with van der Waals surface area (Å²) in [5, 5.41) is 13.4. The highest BCUT2D eigenvalue weighted by Crippen LogP contribution is 2.37. The quantitative estimate of drug-likeness (QED) is 0.549. The SMILES string of the molecule is CNC(=O)Nc1ccc(-c2cnn3c(N)cc([C@H]4C[C@H]5CC[C@@H](C4)N5)nc23)cc1. The van der Waals surface area contributed by atoms with Gasteiger partial charge >= 0.3 is 6.03 Å². The molecule has 150 valence electrons. The summed E-state index contributed by atoms with van der Waals surface area (Å²) in [6, 6.07) is 10.6. The highest BCUT2D eigenvalue weighted by atomic mass is 16.2. The molecule has 29 heavy (non-hydrogen) atoms. The van der Waals surface area contributed by atoms with Gasteiger partial charge in [0.05, 0.1) is 6.20 Å². The summed E-state index contributed by atoms with van der Waals surface area (Å²) in [5.41, 5.74) is 10.8. The molecule has 0 radical (unpaired) electrons. The Morgan fingerprint density at radius 2 is 1.93 bits per heavy atom. The number of fused-ring (bicyclic) bond motifs is 3. The largest absolute Gasteiger partial charge is 0.384 e. The van der Waals surface area contributed by atoms with Gasteiger partial charge in [-0.2, -0.15) is 9.61 Å². The van der Waals surface area contributed by atoms with Crippen molar-refractivity contribution in [1.82, 2.24) is 25.2 Å². The number of rotatable bonds is 3. The predicted octanol–water partition coefficient (Wildman–Crippen LogP) is 2.73. The average molecular weight is 391 g/mol. The van der Waals surface area contributed by atoms with E-state index in [-0.39, 0.29) is 6.03 Å². The van der Waals surface area contributed by atoms with Crippen LogP contribution in [0.2, 0.25) is 0 Å². The maximum Gasteiger partial charge on any atom is 0.318 e. The molecule has 3 atom stereocenters. The van der Waals surface area contributed by atoms with E-state index in [2.05, 4.69) is 21.0 Å². The summed E-state index contributed by atoms with van der Waals surface area (Å²) in [7, 11) is 1.59. The van der Waals surface area contributed by atoms with Gasteiger partial charge in [0.25, 0.3) is 0 Å². The lowest BCUT2D eigenvalue weighted by atomic mass is 9.89. The number of hydrogen-bond acceptors (Lipinski definition) is 5. The van der Waals surface area contributed by atoms with Gasteiger partial charge in [0.15, 0.2) is 5.65 Å². The molecule has 4 heterocycles. The van der Waals surface area contributed by atoms with Crippen molar-refractivity contribution in [2.75, 3.05) is 18.1 Å². The molecular weight excluding hydrogens is 366 g/mol. The number of hydrogen-bond donors (Lipinski definition) is 4. The fraction of sp³-hybridized carbons (Fsp3) is 0.381. The van der Waals surface area contributed by atoms with E-state index in [9.17, 15) is 4.79 Å². The Labute approximate surface area is 168 Å². The van der Waals surface area contributed by atoms with Crippen LogP contribution < -0.4 is 21.7 Å². The molecule has 3 aromatic rings. The second-order valence-electron chi connectivity index (χ2n) is 7.99. The number of nitrogens with zero attached hydrogens (tertiary/aromatic N) is 3. The van der Waals surface area contributed by atoms with E-state index >= 15 is 0 Å². The van der Waals surface area contributed by atoms with Crippen LogP contribution in [0.3, 0.4) is 0 Å². The number of piperidine rings is 1. The number of anilines is 2. The van der Waals surface area contributed by atoms with E-state index in [0.717, 1.165) is 41.0 Å². The highest BCUT2D eigenvalue weighted by molar-refractivity contribution is 5.89. The summed E-state index contributed by atoms with van der Waals surface area (Å²) < 4.78 is 1.70. The molecule has 2 aliphatic rings. The van der Waals surface area contributed by atoms with Crippen molar-refractivity contribution in [2.45, 2.75) is 43.7 Å². The van der Waals surface area contributed by atoms with Crippen LogP contribution in [-0.4, -0.2) is 39.8 Å². The Kier molecular flexibility index (Phi) is 4.35. The number of benzene rings is 1. The van der Waals surface area contributed by atoms with Crippen LogP contribution in [-0.2, 0) is 0 Å². The third-order valence-corrected chi connectivity index (χ3v) is 6.09. The molecule has 2 bridgehead atoms. The third-order valence-electron chi connectivity index (χ3n) is 6.09. The van der Waals surface area contributed by atoms with Crippen LogP contribution in [0.4, 0.5) is 16.3 Å². The number of amides is 2. The zero-order valence-corrected chi connectivity index (χ0v) is 16.4. The molecule has 0 unspecified atom stereocenters. The molecule has 2 fully saturated rings. The maximum absolute atomic E-state index is 11.5. The van der Waals surface area contributed by atoms with E-state index in [0.29, 0.717) is 23.8 Å². The standard InChI is InChI=1S/C21H25N7O/c1-23-21(29)26-14-4-2-12(3-5-14)17-11-24-28-19(22)10-18(27-20(17)28)13-8-15-6-7-16(9-13)25-15/h2-5,10-11,13,15-16,25H,6-9,22H2,1H3,(H2,23,26,29)/t13-,15+,16-. The van der Waals surface area contributed by atoms with Gasteiger partial charge in [-0.15, -0.1) is 0 Å². The maximum atomic E-state index is 11.5. The molecule has 0 spiro atoms. The van der Waals surface area contributed by atoms with Crippen LogP contribution in [0, 0.1) is 0 Å². The average Bonchev–Trinajstić information content (AvgIpc) is 3.31. The molecule has 8 heteroatoms. The summed E-state index contributed by atoms with van der Waals surface area (Å²) in [4.78, 5) is 16.5. The lowest BCUT2D eigenvalue weighted by Crippen LogP contribution is -2.37. The molecule has 5 N–H and O–H groups in total. The zero-order chi connectivity index (χ0) is 20.0. The normalized spacial score (nSPS) is 23.3. The summed E-state index contributed by atoms with van der Waals surface area (Å²) in [5.74, 6) is 1.04. The van der Waals surface area contributed by atoms with Gasteiger partial charge in [0.1, 0.15) is 5.82 Å². The van der Waals surface area contributed by atoms with Crippen molar-refractivity contribution < 1.29 is 4.79 Å². The summed E-state index contributed by atoms with van der Waals surface area (Å²) in [6.07, 6.45) is 6.54. The summed E-state index contributed by atoms with van der Waals surface area (Å²) >= 11 is 0. The molecule has 8 nitrogen and oxygen atoms in total. The van der Waals surface area contributed by atoms with Crippen LogP contribution in [0.15, 0.2) is 36.5 Å². The highest BCUT2D eigenvalue weighted by Gasteiger charge is 2.35. The summed E-state index contributed by atoms with van der Waals surface area (Å²) in [6.45, 7) is 0. The first-order valence-corrected chi connectivity index (χ1v) is 10.1. The van der Waals surface area contributed by atoms with Crippen molar-refractivity contribution >= 4 is 23.2 Å². The van der Waals surface area contributed by atoms with E-state index in [4.69, 9.17) is 10.7 Å². The van der Waals surface area contributed by atoms with Crippen LogP contribution >= 0.6 is 0 Å². The topological polar surface area (TPSA) is 109 Å². The Morgan fingerprint density at radius 3 is 2.62 bits per heavy atom. The number of carbonyl (C=O) groups is 1. The van der Waals surface area contributed by atoms with Crippen molar-refractivity contribution in [3.63, 3.8) is 0 Å². The number of urea groups is 1. The van der Waals surface area contributed by atoms with E-state index < -0.39 is 0 Å². The second-order valence-corrected chi connectivity index (χ2v) is 7.99. The molecule has 2 saturated heterocycles. The van der Waals surface area contributed by atoms with Gasteiger partial charge in [0.2, 0.25) is 0 Å². The number of aromatic nitrogens is 3. The van der Waals surface area contributed by atoms with Crippen molar-refractivity contribution in [1.29, 1.82) is 0 Å². The van der Waals surface area contributed by atoms with Gasteiger partial charge in [-0.05, 0) is 43.4 Å². The Morgan fingerprint density at radius 1 is 1.21 bits per heavy atom. The number of nitrogen functional groups attached to an aromatic ring is 1. The van der Waals surface area contributed by atoms with E-state index in [1.54, 1.807) is 17.8 Å². The second kappa shape index (κ2) is 7.04. The number of carbonyl (C=O) groups excluding carboxylic acids is 1. The molecule has 2 aliphatic heterocycles. The lowest BCUT2D eigenvalue weighted by molar-refractivity contribution is 0.254. The smallest absolute Gasteiger partial charge is 0.318 e. The first kappa shape index (κ1) is 17.9. The molecule has 2 aromatic heterocycles. The zero-order valence-electron chi connectivity index (χ0n) is 16.4. The van der Waals surface area contributed by atoms with E-state index in [1.807, 2.05) is 30.3 Å². The van der Waals surface area contributed by atoms with Crippen molar-refractivity contribution in [3.8, 4) is 11.1 Å². The molecular formula is C21H25N7O. The van der Waals surface area contributed by atoms with Crippen LogP contribution in [0.1, 0.15) is 37.3 Å². The first-order valence-electron chi connectivity index (χ1n) is 10.1. The van der Waals surface area contributed by atoms with Crippen LogP contribution in [0.5, 0.6) is 0 Å². The predicted molar refractivity (Wildman–Crippen MR) is 113 cm³/mol. The molecule has 2 amide bonds. The first-order chi connectivity index (χ1) is 14.1. The van der Waals surface area contributed by atoms with Crippen molar-refractivity contribution in [2.24, 2.45) is 0 Å². The molecule has 0 aliphatic carbocycles. The minimum Gasteiger partial charge on any atom is -0.384 e. The Hall–Kier alpha value is -3.13. The van der Waals surface area contributed by atoms with Gasteiger partial charge in [0, 0.05) is 48.1 Å². The minimum atomic E-state index is -0.247. The van der Waals surface area contributed by atoms with Crippen molar-refractivity contribution in [3.05, 3.63) is 42.2 Å². The van der Waals surface area contributed by atoms with Gasteiger partial charge in [-0.1, -0.05) is 12.1 Å². The van der Waals surface area contributed by atoms with Crippen LogP contribution in [0.25, 0.3) is 16.8 Å². The fourth-order valence-electron chi connectivity index (χ4n) is 4.64. The number of nitrogens with one attached hydrogen (secondary N) is 3.